The summed E-state index contributed by atoms with van der Waals surface area (Å²) in [4.78, 5) is 11.3. The Labute approximate surface area is 124 Å². The van der Waals surface area contributed by atoms with Crippen LogP contribution in [-0.4, -0.2) is 39.4 Å². The van der Waals surface area contributed by atoms with Crippen molar-refractivity contribution in [3.8, 4) is 5.75 Å². The first kappa shape index (κ1) is 16.8. The summed E-state index contributed by atoms with van der Waals surface area (Å²) in [5, 5.41) is 3.78. The van der Waals surface area contributed by atoms with Gasteiger partial charge in [0, 0.05) is 30.8 Å². The third-order valence-electron chi connectivity index (χ3n) is 2.51. The molecule has 0 bridgehead atoms. The Morgan fingerprint density at radius 3 is 2.90 bits per heavy atom. The summed E-state index contributed by atoms with van der Waals surface area (Å²) in [5.41, 5.74) is 0.814. The minimum atomic E-state index is -0.397. The fraction of sp³-hybridized carbons (Fsp3) is 0.500. The standard InChI is InChI=1S/C14H20ClNO4/c1-3-19-14(17)10-20-13-6-4-5-12(15)11(13)9-16-7-8-18-2/h4-6,16H,3,7-10H2,1-2H3. The number of hydrogen-bond acceptors (Lipinski definition) is 5. The minimum Gasteiger partial charge on any atom is -0.482 e. The van der Waals surface area contributed by atoms with Crippen molar-refractivity contribution in [3.63, 3.8) is 0 Å². The summed E-state index contributed by atoms with van der Waals surface area (Å²) in [6.07, 6.45) is 0. The molecule has 1 aromatic rings. The second kappa shape index (κ2) is 9.58. The molecule has 0 atom stereocenters. The van der Waals surface area contributed by atoms with E-state index in [4.69, 9.17) is 25.8 Å². The zero-order valence-corrected chi connectivity index (χ0v) is 12.5. The highest BCUT2D eigenvalue weighted by atomic mass is 35.5. The van der Waals surface area contributed by atoms with Crippen molar-refractivity contribution in [1.82, 2.24) is 5.32 Å². The second-order valence-electron chi connectivity index (χ2n) is 3.98. The molecule has 0 heterocycles. The average Bonchev–Trinajstić information content (AvgIpc) is 2.43. The molecule has 0 radical (unpaired) electrons. The first-order valence-electron chi connectivity index (χ1n) is 6.44. The van der Waals surface area contributed by atoms with E-state index in [1.165, 1.54) is 0 Å². The highest BCUT2D eigenvalue weighted by Gasteiger charge is 2.10. The van der Waals surface area contributed by atoms with E-state index in [0.29, 0.717) is 37.1 Å². The molecule has 112 valence electrons. The first-order chi connectivity index (χ1) is 9.69. The summed E-state index contributed by atoms with van der Waals surface area (Å²) in [7, 11) is 1.64. The van der Waals surface area contributed by atoms with E-state index >= 15 is 0 Å². The minimum absolute atomic E-state index is 0.126. The predicted molar refractivity (Wildman–Crippen MR) is 77.2 cm³/mol. The van der Waals surface area contributed by atoms with Gasteiger partial charge in [0.1, 0.15) is 5.75 Å². The molecule has 0 spiro atoms. The van der Waals surface area contributed by atoms with Gasteiger partial charge in [-0.2, -0.15) is 0 Å². The van der Waals surface area contributed by atoms with Gasteiger partial charge in [-0.05, 0) is 19.1 Å². The SMILES string of the molecule is CCOC(=O)COc1cccc(Cl)c1CNCCOC. The van der Waals surface area contributed by atoms with Gasteiger partial charge in [-0.3, -0.25) is 0 Å². The first-order valence-corrected chi connectivity index (χ1v) is 6.82. The fourth-order valence-corrected chi connectivity index (χ4v) is 1.81. The monoisotopic (exact) mass is 301 g/mol. The number of hydrogen-bond donors (Lipinski definition) is 1. The zero-order chi connectivity index (χ0) is 14.8. The van der Waals surface area contributed by atoms with Crippen molar-refractivity contribution in [2.75, 3.05) is 33.5 Å². The van der Waals surface area contributed by atoms with Crippen molar-refractivity contribution in [1.29, 1.82) is 0 Å². The number of methoxy groups -OCH3 is 1. The largest absolute Gasteiger partial charge is 0.482 e. The lowest BCUT2D eigenvalue weighted by Gasteiger charge is -2.13. The van der Waals surface area contributed by atoms with Gasteiger partial charge >= 0.3 is 5.97 Å². The number of esters is 1. The van der Waals surface area contributed by atoms with Crippen molar-refractivity contribution in [3.05, 3.63) is 28.8 Å². The highest BCUT2D eigenvalue weighted by molar-refractivity contribution is 6.31. The van der Waals surface area contributed by atoms with Gasteiger partial charge in [-0.25, -0.2) is 4.79 Å². The average molecular weight is 302 g/mol. The number of halogens is 1. The maximum atomic E-state index is 11.3. The third-order valence-corrected chi connectivity index (χ3v) is 2.87. The smallest absolute Gasteiger partial charge is 0.344 e. The van der Waals surface area contributed by atoms with Crippen LogP contribution in [0.15, 0.2) is 18.2 Å². The molecule has 0 saturated carbocycles. The van der Waals surface area contributed by atoms with Gasteiger partial charge in [0.25, 0.3) is 0 Å². The molecule has 0 amide bonds. The summed E-state index contributed by atoms with van der Waals surface area (Å²) in [6, 6.07) is 5.34. The van der Waals surface area contributed by atoms with Gasteiger partial charge in [0.05, 0.1) is 13.2 Å². The van der Waals surface area contributed by atoms with Crippen LogP contribution in [0.4, 0.5) is 0 Å². The van der Waals surface area contributed by atoms with Crippen molar-refractivity contribution in [2.24, 2.45) is 0 Å². The van der Waals surface area contributed by atoms with Gasteiger partial charge in [-0.15, -0.1) is 0 Å². The van der Waals surface area contributed by atoms with E-state index in [0.717, 1.165) is 5.56 Å². The molecule has 0 unspecified atom stereocenters. The molecule has 1 rings (SSSR count). The van der Waals surface area contributed by atoms with E-state index in [1.807, 2.05) is 0 Å². The Hall–Kier alpha value is -1.30. The van der Waals surface area contributed by atoms with E-state index in [-0.39, 0.29) is 6.61 Å². The van der Waals surface area contributed by atoms with Gasteiger partial charge in [-0.1, -0.05) is 17.7 Å². The van der Waals surface area contributed by atoms with Crippen LogP contribution in [-0.2, 0) is 20.8 Å². The van der Waals surface area contributed by atoms with Crippen LogP contribution in [0.25, 0.3) is 0 Å². The van der Waals surface area contributed by atoms with Gasteiger partial charge < -0.3 is 19.5 Å². The maximum Gasteiger partial charge on any atom is 0.344 e. The molecule has 1 aromatic carbocycles. The molecule has 0 fully saturated rings. The molecule has 0 saturated heterocycles. The van der Waals surface area contributed by atoms with E-state index in [2.05, 4.69) is 5.32 Å². The lowest BCUT2D eigenvalue weighted by Crippen LogP contribution is -2.20. The summed E-state index contributed by atoms with van der Waals surface area (Å²) in [5.74, 6) is 0.182. The third kappa shape index (κ3) is 5.77. The Morgan fingerprint density at radius 1 is 1.40 bits per heavy atom. The number of carbonyl (C=O) groups excluding carboxylic acids is 1. The summed E-state index contributed by atoms with van der Waals surface area (Å²) in [6.45, 7) is 3.83. The van der Waals surface area contributed by atoms with Gasteiger partial charge in [0.15, 0.2) is 6.61 Å². The van der Waals surface area contributed by atoms with E-state index < -0.39 is 5.97 Å². The number of nitrogens with one attached hydrogen (secondary N) is 1. The van der Waals surface area contributed by atoms with Crippen LogP contribution in [0, 0.1) is 0 Å². The normalized spacial score (nSPS) is 10.3. The lowest BCUT2D eigenvalue weighted by molar-refractivity contribution is -0.145. The quantitative estimate of drug-likeness (QED) is 0.558. The maximum absolute atomic E-state index is 11.3. The van der Waals surface area contributed by atoms with Crippen LogP contribution in [0.5, 0.6) is 5.75 Å². The van der Waals surface area contributed by atoms with Crippen LogP contribution in [0.3, 0.4) is 0 Å². The van der Waals surface area contributed by atoms with Gasteiger partial charge in [0.2, 0.25) is 0 Å². The van der Waals surface area contributed by atoms with Crippen LogP contribution in [0.2, 0.25) is 5.02 Å². The molecule has 5 nitrogen and oxygen atoms in total. The number of ether oxygens (including phenoxy) is 3. The Morgan fingerprint density at radius 2 is 2.20 bits per heavy atom. The number of carbonyl (C=O) groups is 1. The van der Waals surface area contributed by atoms with Crippen LogP contribution in [0.1, 0.15) is 12.5 Å². The molecular weight excluding hydrogens is 282 g/mol. The molecule has 0 aliphatic carbocycles. The molecule has 1 N–H and O–H groups in total. The molecular formula is C14H20ClNO4. The fourth-order valence-electron chi connectivity index (χ4n) is 1.57. The van der Waals surface area contributed by atoms with Crippen molar-refractivity contribution in [2.45, 2.75) is 13.5 Å². The predicted octanol–water partition coefficient (Wildman–Crippen LogP) is 2.02. The second-order valence-corrected chi connectivity index (χ2v) is 4.39. The molecule has 6 heteroatoms. The topological polar surface area (TPSA) is 56.8 Å². The molecule has 0 aliphatic rings. The Balaban J connectivity index is 2.60. The van der Waals surface area contributed by atoms with Crippen molar-refractivity contribution < 1.29 is 19.0 Å². The highest BCUT2D eigenvalue weighted by Crippen LogP contribution is 2.26. The van der Waals surface area contributed by atoms with Crippen molar-refractivity contribution >= 4 is 17.6 Å². The zero-order valence-electron chi connectivity index (χ0n) is 11.8. The van der Waals surface area contributed by atoms with E-state index in [1.54, 1.807) is 32.2 Å². The molecule has 0 aliphatic heterocycles. The Bertz CT molecular complexity index is 426. The number of benzene rings is 1. The van der Waals surface area contributed by atoms with Crippen LogP contribution < -0.4 is 10.1 Å². The van der Waals surface area contributed by atoms with Crippen LogP contribution >= 0.6 is 11.6 Å². The number of rotatable bonds is 9. The molecule has 0 aromatic heterocycles. The Kier molecular flexibility index (Phi) is 8.02. The summed E-state index contributed by atoms with van der Waals surface area (Å²) < 4.78 is 15.2. The lowest BCUT2D eigenvalue weighted by atomic mass is 10.2. The summed E-state index contributed by atoms with van der Waals surface area (Å²) >= 11 is 6.15. The van der Waals surface area contributed by atoms with E-state index in [9.17, 15) is 4.79 Å². The molecule has 20 heavy (non-hydrogen) atoms.